The van der Waals surface area contributed by atoms with Crippen LogP contribution in [0.15, 0.2) is 12.1 Å². The summed E-state index contributed by atoms with van der Waals surface area (Å²) in [5, 5.41) is 18.6. The molecule has 0 spiro atoms. The highest BCUT2D eigenvalue weighted by molar-refractivity contribution is 6.18. The highest BCUT2D eigenvalue weighted by Crippen LogP contribution is 2.34. The number of halogens is 2. The minimum atomic E-state index is -0.178. The standard InChI is InChI=1S/C8H8Cl2O2/c9-3-5-1-2-6(4-10)8(12)7(5)11/h1-2,11-12H,3-4H2. The zero-order valence-corrected chi connectivity index (χ0v) is 7.73. The number of phenolic OH excluding ortho intramolecular Hbond substituents is 2. The Bertz CT molecular complexity index is 258. The third kappa shape index (κ3) is 1.59. The number of hydrogen-bond acceptors (Lipinski definition) is 2. The quantitative estimate of drug-likeness (QED) is 0.577. The summed E-state index contributed by atoms with van der Waals surface area (Å²) in [5.41, 5.74) is 1.01. The molecular weight excluding hydrogens is 199 g/mol. The van der Waals surface area contributed by atoms with Gasteiger partial charge in [-0.05, 0) is 0 Å². The summed E-state index contributed by atoms with van der Waals surface area (Å²) in [4.78, 5) is 0. The first kappa shape index (κ1) is 9.49. The molecule has 1 aromatic rings. The summed E-state index contributed by atoms with van der Waals surface area (Å²) in [7, 11) is 0. The highest BCUT2D eigenvalue weighted by atomic mass is 35.5. The van der Waals surface area contributed by atoms with Crippen LogP contribution >= 0.6 is 23.2 Å². The molecule has 0 fully saturated rings. The normalized spacial score (nSPS) is 10.2. The molecule has 0 saturated heterocycles. The first-order chi connectivity index (χ1) is 5.70. The number of hydrogen-bond donors (Lipinski definition) is 2. The first-order valence-electron chi connectivity index (χ1n) is 3.35. The number of benzene rings is 1. The minimum absolute atomic E-state index is 0.169. The molecule has 66 valence electrons. The van der Waals surface area contributed by atoms with Crippen molar-refractivity contribution in [3.63, 3.8) is 0 Å². The molecule has 0 radical (unpaired) electrons. The van der Waals surface area contributed by atoms with E-state index < -0.39 is 0 Å². The summed E-state index contributed by atoms with van der Waals surface area (Å²) < 4.78 is 0. The van der Waals surface area contributed by atoms with E-state index in [0.29, 0.717) is 11.1 Å². The topological polar surface area (TPSA) is 40.5 Å². The van der Waals surface area contributed by atoms with Crippen LogP contribution < -0.4 is 0 Å². The average molecular weight is 207 g/mol. The van der Waals surface area contributed by atoms with Gasteiger partial charge in [-0.25, -0.2) is 0 Å². The van der Waals surface area contributed by atoms with Crippen LogP contribution in [0.5, 0.6) is 11.5 Å². The van der Waals surface area contributed by atoms with Crippen LogP contribution in [0.2, 0.25) is 0 Å². The highest BCUT2D eigenvalue weighted by Gasteiger charge is 2.09. The molecule has 2 nitrogen and oxygen atoms in total. The molecule has 2 N–H and O–H groups in total. The minimum Gasteiger partial charge on any atom is -0.504 e. The van der Waals surface area contributed by atoms with Gasteiger partial charge in [0.2, 0.25) is 0 Å². The van der Waals surface area contributed by atoms with Gasteiger partial charge in [0.25, 0.3) is 0 Å². The molecule has 0 atom stereocenters. The maximum Gasteiger partial charge on any atom is 0.162 e. The lowest BCUT2D eigenvalue weighted by Gasteiger charge is -2.06. The van der Waals surface area contributed by atoms with Crippen molar-refractivity contribution in [2.75, 3.05) is 0 Å². The van der Waals surface area contributed by atoms with Crippen molar-refractivity contribution in [3.8, 4) is 11.5 Å². The van der Waals surface area contributed by atoms with E-state index in [4.69, 9.17) is 23.2 Å². The fourth-order valence-corrected chi connectivity index (χ4v) is 1.31. The maximum atomic E-state index is 9.32. The summed E-state index contributed by atoms with van der Waals surface area (Å²) in [6.07, 6.45) is 0. The van der Waals surface area contributed by atoms with Gasteiger partial charge in [0, 0.05) is 11.1 Å². The number of aromatic hydroxyl groups is 2. The Morgan fingerprint density at radius 3 is 1.50 bits per heavy atom. The monoisotopic (exact) mass is 206 g/mol. The second-order valence-corrected chi connectivity index (χ2v) is 2.88. The van der Waals surface area contributed by atoms with E-state index in [2.05, 4.69) is 0 Å². The lowest BCUT2D eigenvalue weighted by molar-refractivity contribution is 0.398. The van der Waals surface area contributed by atoms with Crippen molar-refractivity contribution >= 4 is 23.2 Å². The van der Waals surface area contributed by atoms with Crippen LogP contribution in [0.25, 0.3) is 0 Å². The molecule has 0 saturated carbocycles. The molecule has 4 heteroatoms. The predicted octanol–water partition coefficient (Wildman–Crippen LogP) is 2.58. The third-order valence-corrected chi connectivity index (χ3v) is 2.18. The summed E-state index contributed by atoms with van der Waals surface area (Å²) in [6.45, 7) is 0. The van der Waals surface area contributed by atoms with Gasteiger partial charge in [0.1, 0.15) is 0 Å². The molecule has 0 heterocycles. The fraction of sp³-hybridized carbons (Fsp3) is 0.250. The van der Waals surface area contributed by atoms with Crippen LogP contribution in [-0.2, 0) is 11.8 Å². The summed E-state index contributed by atoms with van der Waals surface area (Å²) >= 11 is 11.0. The van der Waals surface area contributed by atoms with Crippen molar-refractivity contribution in [3.05, 3.63) is 23.3 Å². The second-order valence-electron chi connectivity index (χ2n) is 2.35. The smallest absolute Gasteiger partial charge is 0.162 e. The van der Waals surface area contributed by atoms with Crippen molar-refractivity contribution < 1.29 is 10.2 Å². The molecule has 0 aliphatic carbocycles. The van der Waals surface area contributed by atoms with E-state index in [9.17, 15) is 10.2 Å². The largest absolute Gasteiger partial charge is 0.504 e. The molecule has 12 heavy (non-hydrogen) atoms. The van der Waals surface area contributed by atoms with Gasteiger partial charge in [0.05, 0.1) is 11.8 Å². The first-order valence-corrected chi connectivity index (χ1v) is 4.42. The molecule has 1 rings (SSSR count). The summed E-state index contributed by atoms with van der Waals surface area (Å²) in [6, 6.07) is 3.28. The van der Waals surface area contributed by atoms with E-state index in [-0.39, 0.29) is 23.3 Å². The van der Waals surface area contributed by atoms with Gasteiger partial charge in [-0.1, -0.05) is 12.1 Å². The van der Waals surface area contributed by atoms with Crippen molar-refractivity contribution in [2.24, 2.45) is 0 Å². The van der Waals surface area contributed by atoms with Gasteiger partial charge < -0.3 is 10.2 Å². The van der Waals surface area contributed by atoms with Crippen molar-refractivity contribution in [1.82, 2.24) is 0 Å². The van der Waals surface area contributed by atoms with Crippen molar-refractivity contribution in [2.45, 2.75) is 11.8 Å². The third-order valence-electron chi connectivity index (χ3n) is 1.61. The molecule has 0 aromatic heterocycles. The Balaban J connectivity index is 3.20. The maximum absolute atomic E-state index is 9.32. The van der Waals surface area contributed by atoms with Crippen LogP contribution in [0.4, 0.5) is 0 Å². The Morgan fingerprint density at radius 1 is 0.917 bits per heavy atom. The van der Waals surface area contributed by atoms with E-state index in [0.717, 1.165) is 0 Å². The lowest BCUT2D eigenvalue weighted by Crippen LogP contribution is -1.85. The van der Waals surface area contributed by atoms with Crippen LogP contribution in [-0.4, -0.2) is 10.2 Å². The van der Waals surface area contributed by atoms with Crippen LogP contribution in [0, 0.1) is 0 Å². The molecule has 0 amide bonds. The van der Waals surface area contributed by atoms with Crippen LogP contribution in [0.3, 0.4) is 0 Å². The number of rotatable bonds is 2. The molecule has 0 unspecified atom stereocenters. The lowest BCUT2D eigenvalue weighted by atomic mass is 10.1. The van der Waals surface area contributed by atoms with Gasteiger partial charge in [-0.15, -0.1) is 23.2 Å². The Labute approximate surface area is 80.4 Å². The van der Waals surface area contributed by atoms with Gasteiger partial charge in [0.15, 0.2) is 11.5 Å². The number of phenols is 2. The van der Waals surface area contributed by atoms with E-state index >= 15 is 0 Å². The zero-order valence-electron chi connectivity index (χ0n) is 6.22. The second kappa shape index (κ2) is 3.87. The molecule has 1 aromatic carbocycles. The van der Waals surface area contributed by atoms with E-state index in [1.807, 2.05) is 0 Å². The van der Waals surface area contributed by atoms with E-state index in [1.54, 1.807) is 12.1 Å². The SMILES string of the molecule is Oc1c(CCl)ccc(CCl)c1O. The summed E-state index contributed by atoms with van der Waals surface area (Å²) in [5.74, 6) is -0.0181. The average Bonchev–Trinajstić information content (AvgIpc) is 2.10. The van der Waals surface area contributed by atoms with Gasteiger partial charge in [-0.3, -0.25) is 0 Å². The zero-order chi connectivity index (χ0) is 9.14. The Hall–Kier alpha value is -0.600. The van der Waals surface area contributed by atoms with Crippen LogP contribution in [0.1, 0.15) is 11.1 Å². The molecule has 0 aliphatic rings. The molecule has 0 bridgehead atoms. The predicted molar refractivity (Wildman–Crippen MR) is 48.9 cm³/mol. The van der Waals surface area contributed by atoms with E-state index in [1.165, 1.54) is 0 Å². The van der Waals surface area contributed by atoms with Gasteiger partial charge in [-0.2, -0.15) is 0 Å². The molecule has 0 aliphatic heterocycles. The Kier molecular flexibility index (Phi) is 3.06. The van der Waals surface area contributed by atoms with Crippen molar-refractivity contribution in [1.29, 1.82) is 0 Å². The number of alkyl halides is 2. The Morgan fingerprint density at radius 2 is 1.25 bits per heavy atom. The van der Waals surface area contributed by atoms with Gasteiger partial charge >= 0.3 is 0 Å². The molecular formula is C8H8Cl2O2. The fourth-order valence-electron chi connectivity index (χ4n) is 0.879.